The van der Waals surface area contributed by atoms with Crippen LogP contribution in [-0.2, 0) is 16.4 Å². The lowest BCUT2D eigenvalue weighted by atomic mass is 9.97. The van der Waals surface area contributed by atoms with Gasteiger partial charge in [0.2, 0.25) is 5.44 Å². The topological polar surface area (TPSA) is 46.5 Å². The van der Waals surface area contributed by atoms with Crippen LogP contribution in [-0.4, -0.2) is 14.8 Å². The number of fused-ring (bicyclic) bond motifs is 1. The summed E-state index contributed by atoms with van der Waals surface area (Å²) in [4.78, 5) is 0.569. The number of halogens is 1. The Bertz CT molecular complexity index is 667. The summed E-state index contributed by atoms with van der Waals surface area (Å²) in [6.45, 7) is 1.52. The highest BCUT2D eigenvalue weighted by molar-refractivity contribution is 7.86. The van der Waals surface area contributed by atoms with Crippen LogP contribution < -0.4 is 4.74 Å². The minimum atomic E-state index is -1.48. The van der Waals surface area contributed by atoms with Crippen molar-refractivity contribution < 1.29 is 18.4 Å². The minimum Gasteiger partial charge on any atom is -0.472 e. The molecule has 0 fully saturated rings. The highest BCUT2D eigenvalue weighted by atomic mass is 32.2. The number of hydrogen-bond donors (Lipinski definition) is 1. The smallest absolute Gasteiger partial charge is 0.210 e. The van der Waals surface area contributed by atoms with E-state index in [2.05, 4.69) is 0 Å². The second-order valence-electron chi connectivity index (χ2n) is 4.85. The van der Waals surface area contributed by atoms with E-state index in [1.165, 1.54) is 31.2 Å². The first-order chi connectivity index (χ1) is 9.50. The number of ether oxygens (including phenoxy) is 1. The average Bonchev–Trinajstić information content (AvgIpc) is 2.78. The van der Waals surface area contributed by atoms with Crippen molar-refractivity contribution in [3.05, 3.63) is 59.9 Å². The van der Waals surface area contributed by atoms with Crippen LogP contribution in [0.2, 0.25) is 0 Å². The number of benzene rings is 2. The predicted molar refractivity (Wildman–Crippen MR) is 73.2 cm³/mol. The van der Waals surface area contributed by atoms with Gasteiger partial charge in [-0.15, -0.1) is 0 Å². The van der Waals surface area contributed by atoms with E-state index in [9.17, 15) is 13.7 Å². The summed E-state index contributed by atoms with van der Waals surface area (Å²) in [7, 11) is -1.48. The Labute approximate surface area is 118 Å². The quantitative estimate of drug-likeness (QED) is 0.925. The zero-order valence-electron chi connectivity index (χ0n) is 10.7. The van der Waals surface area contributed by atoms with Crippen molar-refractivity contribution in [1.82, 2.24) is 0 Å². The maximum atomic E-state index is 13.0. The van der Waals surface area contributed by atoms with E-state index in [0.29, 0.717) is 16.2 Å². The zero-order valence-corrected chi connectivity index (χ0v) is 11.6. The first kappa shape index (κ1) is 13.3. The summed E-state index contributed by atoms with van der Waals surface area (Å²) in [5.41, 5.74) is -1.92. The monoisotopic (exact) mass is 292 g/mol. The third-order valence-electron chi connectivity index (χ3n) is 3.38. The van der Waals surface area contributed by atoms with Crippen LogP contribution >= 0.6 is 0 Å². The Balaban J connectivity index is 1.98. The van der Waals surface area contributed by atoms with E-state index < -0.39 is 21.8 Å². The van der Waals surface area contributed by atoms with Crippen LogP contribution in [0.1, 0.15) is 12.5 Å². The van der Waals surface area contributed by atoms with Crippen LogP contribution in [0.5, 0.6) is 5.75 Å². The predicted octanol–water partition coefficient (Wildman–Crippen LogP) is 2.56. The summed E-state index contributed by atoms with van der Waals surface area (Å²) >= 11 is 0. The fourth-order valence-electron chi connectivity index (χ4n) is 2.23. The number of hydrogen-bond acceptors (Lipinski definition) is 3. The largest absolute Gasteiger partial charge is 0.472 e. The van der Waals surface area contributed by atoms with Gasteiger partial charge >= 0.3 is 0 Å². The molecule has 3 rings (SSSR count). The number of aliphatic hydroxyl groups is 1. The van der Waals surface area contributed by atoms with Gasteiger partial charge in [-0.2, -0.15) is 0 Å². The Morgan fingerprint density at radius 3 is 2.50 bits per heavy atom. The molecule has 1 heterocycles. The van der Waals surface area contributed by atoms with E-state index in [1.807, 2.05) is 0 Å². The fourth-order valence-corrected chi connectivity index (χ4v) is 3.74. The molecule has 1 aliphatic rings. The van der Waals surface area contributed by atoms with Gasteiger partial charge < -0.3 is 9.84 Å². The van der Waals surface area contributed by atoms with E-state index in [-0.39, 0.29) is 5.82 Å². The van der Waals surface area contributed by atoms with Gasteiger partial charge in [-0.25, -0.2) is 4.39 Å². The molecule has 3 unspecified atom stereocenters. The fraction of sp³-hybridized carbons (Fsp3) is 0.200. The van der Waals surface area contributed by atoms with Crippen LogP contribution in [0, 0.1) is 5.82 Å². The second kappa shape index (κ2) is 4.68. The molecule has 2 aromatic rings. The van der Waals surface area contributed by atoms with Gasteiger partial charge in [0.05, 0.1) is 4.90 Å². The molecule has 3 atom stereocenters. The van der Waals surface area contributed by atoms with E-state index >= 15 is 0 Å². The van der Waals surface area contributed by atoms with E-state index in [4.69, 9.17) is 4.74 Å². The summed E-state index contributed by atoms with van der Waals surface area (Å²) in [6, 6.07) is 12.4. The standard InChI is InChI=1S/C15H13FO3S/c1-15(17,10-6-8-11(16)9-7-10)14-19-12-4-2-3-5-13(12)20(14)18/h2-9,14,17H,1H3. The van der Waals surface area contributed by atoms with Crippen molar-refractivity contribution >= 4 is 10.8 Å². The minimum absolute atomic E-state index is 0.388. The molecule has 0 bridgehead atoms. The normalized spacial score (nSPS) is 23.8. The molecule has 2 aromatic carbocycles. The second-order valence-corrected chi connectivity index (χ2v) is 6.31. The van der Waals surface area contributed by atoms with E-state index in [1.54, 1.807) is 24.3 Å². The maximum Gasteiger partial charge on any atom is 0.210 e. The molecule has 0 saturated heterocycles. The lowest BCUT2D eigenvalue weighted by molar-refractivity contribution is -0.00949. The van der Waals surface area contributed by atoms with Crippen LogP contribution in [0.4, 0.5) is 4.39 Å². The van der Waals surface area contributed by atoms with Gasteiger partial charge in [-0.05, 0) is 36.8 Å². The average molecular weight is 292 g/mol. The Hall–Kier alpha value is -1.72. The molecule has 3 nitrogen and oxygen atoms in total. The van der Waals surface area contributed by atoms with Gasteiger partial charge in [0, 0.05) is 0 Å². The Morgan fingerprint density at radius 2 is 1.85 bits per heavy atom. The van der Waals surface area contributed by atoms with Crippen LogP contribution in [0.25, 0.3) is 0 Å². The Kier molecular flexibility index (Phi) is 3.11. The van der Waals surface area contributed by atoms with Gasteiger partial charge in [-0.3, -0.25) is 4.21 Å². The molecular weight excluding hydrogens is 279 g/mol. The first-order valence-corrected chi connectivity index (χ1v) is 7.36. The van der Waals surface area contributed by atoms with Gasteiger partial charge in [0.1, 0.15) is 28.0 Å². The molecule has 104 valence electrons. The summed E-state index contributed by atoms with van der Waals surface area (Å²) in [6.07, 6.45) is 0. The van der Waals surface area contributed by atoms with Crippen molar-refractivity contribution in [2.45, 2.75) is 22.9 Å². The third-order valence-corrected chi connectivity index (χ3v) is 5.10. The molecule has 1 aliphatic heterocycles. The highest BCUT2D eigenvalue weighted by Crippen LogP contribution is 2.40. The van der Waals surface area contributed by atoms with Crippen molar-refractivity contribution in [2.75, 3.05) is 0 Å². The lowest BCUT2D eigenvalue weighted by Gasteiger charge is -2.28. The zero-order chi connectivity index (χ0) is 14.3. The van der Waals surface area contributed by atoms with Gasteiger partial charge in [0.15, 0.2) is 0 Å². The number of para-hydroxylation sites is 1. The highest BCUT2D eigenvalue weighted by Gasteiger charge is 2.45. The summed E-state index contributed by atoms with van der Waals surface area (Å²) in [5, 5.41) is 10.7. The van der Waals surface area contributed by atoms with Gasteiger partial charge in [-0.1, -0.05) is 24.3 Å². The molecule has 20 heavy (non-hydrogen) atoms. The van der Waals surface area contributed by atoms with Crippen LogP contribution in [0.3, 0.4) is 0 Å². The van der Waals surface area contributed by atoms with E-state index in [0.717, 1.165) is 0 Å². The molecule has 0 spiro atoms. The molecule has 1 N–H and O–H groups in total. The summed E-state index contributed by atoms with van der Waals surface area (Å²) < 4.78 is 31.0. The molecule has 0 radical (unpaired) electrons. The maximum absolute atomic E-state index is 13.0. The van der Waals surface area contributed by atoms with Crippen molar-refractivity contribution in [3.63, 3.8) is 0 Å². The Morgan fingerprint density at radius 1 is 1.20 bits per heavy atom. The number of rotatable bonds is 2. The molecule has 5 heteroatoms. The lowest BCUT2D eigenvalue weighted by Crippen LogP contribution is -2.41. The van der Waals surface area contributed by atoms with Crippen LogP contribution in [0.15, 0.2) is 53.4 Å². The first-order valence-electron chi connectivity index (χ1n) is 6.15. The van der Waals surface area contributed by atoms with Crippen molar-refractivity contribution in [3.8, 4) is 5.75 Å². The molecule has 0 amide bonds. The SMILES string of the molecule is CC(O)(c1ccc(F)cc1)C1Oc2ccccc2S1=O. The third kappa shape index (κ3) is 2.03. The van der Waals surface area contributed by atoms with Crippen molar-refractivity contribution in [2.24, 2.45) is 0 Å². The summed E-state index contributed by atoms with van der Waals surface area (Å²) in [5.74, 6) is 0.125. The van der Waals surface area contributed by atoms with Gasteiger partial charge in [0.25, 0.3) is 0 Å². The molecular formula is C15H13FO3S. The molecule has 0 aliphatic carbocycles. The molecule has 0 aromatic heterocycles. The van der Waals surface area contributed by atoms with Crippen molar-refractivity contribution in [1.29, 1.82) is 0 Å². The molecule has 0 saturated carbocycles.